The molecule has 4 aliphatic carbocycles. The molecule has 0 amide bonds. The summed E-state index contributed by atoms with van der Waals surface area (Å²) in [6, 6.07) is 0. The van der Waals surface area contributed by atoms with Gasteiger partial charge < -0.3 is 9.84 Å². The van der Waals surface area contributed by atoms with Crippen LogP contribution >= 0.6 is 0 Å². The first kappa shape index (κ1) is 21.7. The molecule has 4 rings (SSSR count). The third-order valence-corrected chi connectivity index (χ3v) is 10.6. The Hall–Kier alpha value is -0.570. The fourth-order valence-electron chi connectivity index (χ4n) is 8.91. The average molecular weight is 405 g/mol. The molecule has 29 heavy (non-hydrogen) atoms. The van der Waals surface area contributed by atoms with Gasteiger partial charge in [0.05, 0.1) is 12.7 Å². The van der Waals surface area contributed by atoms with Gasteiger partial charge in [0, 0.05) is 6.42 Å². The van der Waals surface area contributed by atoms with E-state index in [4.69, 9.17) is 4.74 Å². The minimum absolute atomic E-state index is 0.0529. The number of hydrogen-bond donors (Lipinski definition) is 1. The van der Waals surface area contributed by atoms with E-state index in [-0.39, 0.29) is 11.6 Å². The molecule has 0 radical (unpaired) electrons. The lowest BCUT2D eigenvalue weighted by Gasteiger charge is -2.57. The van der Waals surface area contributed by atoms with Crippen LogP contribution in [0.15, 0.2) is 0 Å². The van der Waals surface area contributed by atoms with Crippen molar-refractivity contribution in [2.24, 2.45) is 46.8 Å². The minimum Gasteiger partial charge on any atom is -0.469 e. The van der Waals surface area contributed by atoms with Gasteiger partial charge in [-0.05, 0) is 117 Å². The molecule has 0 heterocycles. The molecule has 0 spiro atoms. The van der Waals surface area contributed by atoms with Gasteiger partial charge in [-0.2, -0.15) is 0 Å². The van der Waals surface area contributed by atoms with E-state index >= 15 is 0 Å². The number of methoxy groups -OCH3 is 1. The second kappa shape index (κ2) is 8.17. The van der Waals surface area contributed by atoms with Crippen molar-refractivity contribution >= 4 is 5.97 Å². The minimum atomic E-state index is -0.370. The van der Waals surface area contributed by atoms with Crippen LogP contribution in [0.3, 0.4) is 0 Å². The average Bonchev–Trinajstić information content (AvgIpc) is 3.08. The van der Waals surface area contributed by atoms with E-state index in [1.54, 1.807) is 0 Å². The second-order valence-electron chi connectivity index (χ2n) is 11.6. The van der Waals surface area contributed by atoms with E-state index in [0.29, 0.717) is 17.8 Å². The number of carbonyl (C=O) groups excluding carboxylic acids is 1. The van der Waals surface area contributed by atoms with Crippen molar-refractivity contribution in [3.8, 4) is 0 Å². The molecule has 0 saturated heterocycles. The Balaban J connectivity index is 1.43. The summed E-state index contributed by atoms with van der Waals surface area (Å²) >= 11 is 0. The van der Waals surface area contributed by atoms with Crippen molar-refractivity contribution < 1.29 is 14.6 Å². The first-order valence-corrected chi connectivity index (χ1v) is 12.6. The highest BCUT2D eigenvalue weighted by atomic mass is 16.5. The zero-order chi connectivity index (χ0) is 20.8. The number of aliphatic hydroxyl groups is 1. The standard InChI is InChI=1S/C26H44O3/c1-5-26(28)15-13-19-18(16-26)7-8-21-20(19)12-14-25(3)22(9-10-23(21)25)17(2)6-11-24(27)29-4/h17-23,28H,5-16H2,1-4H3/t17-,18+,19+,20-,21-,22-,23+,25-,26+/m1/s1. The molecular formula is C26H44O3. The van der Waals surface area contributed by atoms with Gasteiger partial charge in [-0.15, -0.1) is 0 Å². The Morgan fingerprint density at radius 2 is 1.83 bits per heavy atom. The van der Waals surface area contributed by atoms with E-state index in [1.165, 1.54) is 52.1 Å². The Labute approximate surface area is 178 Å². The molecular weight excluding hydrogens is 360 g/mol. The zero-order valence-electron chi connectivity index (χ0n) is 19.3. The van der Waals surface area contributed by atoms with Crippen LogP contribution in [0.2, 0.25) is 0 Å². The second-order valence-corrected chi connectivity index (χ2v) is 11.6. The van der Waals surface area contributed by atoms with Crippen LogP contribution in [-0.2, 0) is 9.53 Å². The molecule has 4 saturated carbocycles. The fourth-order valence-corrected chi connectivity index (χ4v) is 8.91. The predicted molar refractivity (Wildman–Crippen MR) is 116 cm³/mol. The van der Waals surface area contributed by atoms with Crippen molar-refractivity contribution in [1.82, 2.24) is 0 Å². The highest BCUT2D eigenvalue weighted by Crippen LogP contribution is 2.66. The van der Waals surface area contributed by atoms with Crippen LogP contribution in [0, 0.1) is 46.8 Å². The van der Waals surface area contributed by atoms with E-state index in [9.17, 15) is 9.90 Å². The van der Waals surface area contributed by atoms with Crippen molar-refractivity contribution in [1.29, 1.82) is 0 Å². The van der Waals surface area contributed by atoms with E-state index < -0.39 is 0 Å². The van der Waals surface area contributed by atoms with Crippen LogP contribution in [0.25, 0.3) is 0 Å². The van der Waals surface area contributed by atoms with Gasteiger partial charge >= 0.3 is 5.97 Å². The smallest absolute Gasteiger partial charge is 0.305 e. The monoisotopic (exact) mass is 404 g/mol. The largest absolute Gasteiger partial charge is 0.469 e. The summed E-state index contributed by atoms with van der Waals surface area (Å²) < 4.78 is 4.88. The predicted octanol–water partition coefficient (Wildman–Crippen LogP) is 5.99. The molecule has 0 unspecified atom stereocenters. The third kappa shape index (κ3) is 3.79. The number of fused-ring (bicyclic) bond motifs is 5. The number of carbonyl (C=O) groups is 1. The summed E-state index contributed by atoms with van der Waals surface area (Å²) in [5, 5.41) is 10.9. The van der Waals surface area contributed by atoms with Crippen LogP contribution in [-0.4, -0.2) is 23.8 Å². The molecule has 0 aromatic rings. The Morgan fingerprint density at radius 1 is 1.07 bits per heavy atom. The van der Waals surface area contributed by atoms with Gasteiger partial charge in [0.1, 0.15) is 0 Å². The summed E-state index contributed by atoms with van der Waals surface area (Å²) in [7, 11) is 1.50. The molecule has 4 aliphatic rings. The van der Waals surface area contributed by atoms with E-state index in [2.05, 4.69) is 20.8 Å². The van der Waals surface area contributed by atoms with Gasteiger partial charge in [0.2, 0.25) is 0 Å². The first-order chi connectivity index (χ1) is 13.8. The lowest BCUT2D eigenvalue weighted by Crippen LogP contribution is -2.51. The molecule has 3 heteroatoms. The summed E-state index contributed by atoms with van der Waals surface area (Å²) in [4.78, 5) is 11.6. The van der Waals surface area contributed by atoms with Crippen LogP contribution in [0.4, 0.5) is 0 Å². The molecule has 0 aromatic carbocycles. The molecule has 0 bridgehead atoms. The van der Waals surface area contributed by atoms with Crippen molar-refractivity contribution in [2.75, 3.05) is 7.11 Å². The fraction of sp³-hybridized carbons (Fsp3) is 0.962. The highest BCUT2D eigenvalue weighted by molar-refractivity contribution is 5.69. The number of esters is 1. The third-order valence-electron chi connectivity index (χ3n) is 10.6. The Kier molecular flexibility index (Phi) is 6.10. The topological polar surface area (TPSA) is 46.5 Å². The lowest BCUT2D eigenvalue weighted by atomic mass is 9.48. The Bertz CT molecular complexity index is 603. The zero-order valence-corrected chi connectivity index (χ0v) is 19.3. The maximum atomic E-state index is 11.6. The summed E-state index contributed by atoms with van der Waals surface area (Å²) in [6.07, 6.45) is 14.1. The van der Waals surface area contributed by atoms with E-state index in [0.717, 1.165) is 61.2 Å². The summed E-state index contributed by atoms with van der Waals surface area (Å²) in [5.41, 5.74) is 0.104. The molecule has 4 fully saturated rings. The van der Waals surface area contributed by atoms with Crippen LogP contribution in [0.5, 0.6) is 0 Å². The van der Waals surface area contributed by atoms with Gasteiger partial charge in [-0.1, -0.05) is 20.8 Å². The molecule has 0 aromatic heterocycles. The van der Waals surface area contributed by atoms with Crippen LogP contribution < -0.4 is 0 Å². The van der Waals surface area contributed by atoms with Crippen molar-refractivity contribution in [3.05, 3.63) is 0 Å². The molecule has 166 valence electrons. The van der Waals surface area contributed by atoms with Gasteiger partial charge in [-0.25, -0.2) is 0 Å². The summed E-state index contributed by atoms with van der Waals surface area (Å²) in [5.74, 6) is 5.70. The normalized spacial score (nSPS) is 47.6. The molecule has 1 N–H and O–H groups in total. The van der Waals surface area contributed by atoms with Gasteiger partial charge in [0.15, 0.2) is 0 Å². The maximum Gasteiger partial charge on any atom is 0.305 e. The van der Waals surface area contributed by atoms with Crippen molar-refractivity contribution in [2.45, 2.75) is 103 Å². The van der Waals surface area contributed by atoms with Crippen molar-refractivity contribution in [3.63, 3.8) is 0 Å². The quantitative estimate of drug-likeness (QED) is 0.573. The molecule has 3 nitrogen and oxygen atoms in total. The highest BCUT2D eigenvalue weighted by Gasteiger charge is 2.58. The molecule has 9 atom stereocenters. The molecule has 0 aliphatic heterocycles. The van der Waals surface area contributed by atoms with Gasteiger partial charge in [-0.3, -0.25) is 4.79 Å². The number of ether oxygens (including phenoxy) is 1. The van der Waals surface area contributed by atoms with Crippen LogP contribution in [0.1, 0.15) is 97.8 Å². The first-order valence-electron chi connectivity index (χ1n) is 12.6. The van der Waals surface area contributed by atoms with Gasteiger partial charge in [0.25, 0.3) is 0 Å². The summed E-state index contributed by atoms with van der Waals surface area (Å²) in [6.45, 7) is 7.15. The van der Waals surface area contributed by atoms with E-state index in [1.807, 2.05) is 0 Å². The maximum absolute atomic E-state index is 11.6. The lowest BCUT2D eigenvalue weighted by molar-refractivity contribution is -0.141. The number of hydrogen-bond acceptors (Lipinski definition) is 3. The Morgan fingerprint density at radius 3 is 2.55 bits per heavy atom. The SMILES string of the molecule is CC[C@]1(O)CC[C@H]2[C@@H](CC[C@@H]3[C@@H]2CC[C@]2(C)[C@@H]([C@H](C)CCC(=O)OC)CC[C@@H]32)C1. The number of rotatable bonds is 5.